The van der Waals surface area contributed by atoms with Crippen LogP contribution < -0.4 is 4.90 Å². The second-order valence-corrected chi connectivity index (χ2v) is 5.68. The molecule has 7 nitrogen and oxygen atoms in total. The number of carbonyl (C=O) groups excluding carboxylic acids is 1. The fourth-order valence-corrected chi connectivity index (χ4v) is 2.96. The van der Waals surface area contributed by atoms with E-state index < -0.39 is 0 Å². The van der Waals surface area contributed by atoms with Crippen LogP contribution in [0.15, 0.2) is 49.1 Å². The van der Waals surface area contributed by atoms with Gasteiger partial charge in [0.15, 0.2) is 5.65 Å². The van der Waals surface area contributed by atoms with Crippen molar-refractivity contribution >= 4 is 28.3 Å². The number of hydrogen-bond donors (Lipinski definition) is 0. The van der Waals surface area contributed by atoms with E-state index in [1.807, 2.05) is 42.5 Å². The number of pyridine rings is 1. The first-order chi connectivity index (χ1) is 12.2. The van der Waals surface area contributed by atoms with Crippen molar-refractivity contribution in [1.82, 2.24) is 24.6 Å². The number of nitrogens with zero attached hydrogens (tertiary/aromatic N) is 6. The van der Waals surface area contributed by atoms with Gasteiger partial charge in [0.1, 0.15) is 6.33 Å². The van der Waals surface area contributed by atoms with Crippen LogP contribution >= 0.6 is 0 Å². The van der Waals surface area contributed by atoms with Crippen LogP contribution in [-0.4, -0.2) is 37.0 Å². The highest BCUT2D eigenvalue weighted by atomic mass is 16.2. The molecule has 0 atom stereocenters. The lowest BCUT2D eigenvalue weighted by Gasteiger charge is -2.21. The maximum atomic E-state index is 13.0. The Bertz CT molecular complexity index is 1070. The highest BCUT2D eigenvalue weighted by molar-refractivity contribution is 6.07. The predicted octanol–water partition coefficient (Wildman–Crippen LogP) is 2.65. The monoisotopic (exact) mass is 332 g/mol. The molecule has 0 aliphatic rings. The van der Waals surface area contributed by atoms with Gasteiger partial charge in [-0.15, -0.1) is 10.2 Å². The number of aromatic nitrogens is 5. The van der Waals surface area contributed by atoms with Gasteiger partial charge in [0.05, 0.1) is 16.7 Å². The molecular formula is C18H16N6O. The molecule has 25 heavy (non-hydrogen) atoms. The van der Waals surface area contributed by atoms with E-state index in [0.29, 0.717) is 17.8 Å². The normalized spacial score (nSPS) is 11.1. The van der Waals surface area contributed by atoms with Gasteiger partial charge < -0.3 is 4.90 Å². The molecule has 0 aliphatic heterocycles. The van der Waals surface area contributed by atoms with Crippen LogP contribution in [0.25, 0.3) is 16.7 Å². The number of benzene rings is 1. The zero-order valence-electron chi connectivity index (χ0n) is 13.9. The van der Waals surface area contributed by atoms with E-state index in [4.69, 9.17) is 0 Å². The summed E-state index contributed by atoms with van der Waals surface area (Å²) in [7, 11) is 0. The number of amides is 1. The lowest BCUT2D eigenvalue weighted by atomic mass is 10.1. The Morgan fingerprint density at radius 2 is 2.00 bits per heavy atom. The van der Waals surface area contributed by atoms with E-state index in [0.717, 1.165) is 22.4 Å². The van der Waals surface area contributed by atoms with Gasteiger partial charge in [0.2, 0.25) is 0 Å². The Morgan fingerprint density at radius 3 is 2.76 bits per heavy atom. The number of rotatable bonds is 3. The predicted molar refractivity (Wildman–Crippen MR) is 94.6 cm³/mol. The molecule has 0 N–H and O–H groups in total. The van der Waals surface area contributed by atoms with E-state index in [1.165, 1.54) is 0 Å². The van der Waals surface area contributed by atoms with Crippen LogP contribution in [0.3, 0.4) is 0 Å². The maximum Gasteiger partial charge on any atom is 0.258 e. The van der Waals surface area contributed by atoms with Gasteiger partial charge in [0, 0.05) is 30.2 Å². The topological polar surface area (TPSA) is 76.3 Å². The van der Waals surface area contributed by atoms with Crippen molar-refractivity contribution in [3.8, 4) is 0 Å². The van der Waals surface area contributed by atoms with Crippen LogP contribution in [0, 0.1) is 6.92 Å². The summed E-state index contributed by atoms with van der Waals surface area (Å²) in [6, 6.07) is 9.15. The zero-order chi connectivity index (χ0) is 17.4. The summed E-state index contributed by atoms with van der Waals surface area (Å²) < 4.78 is 1.86. The molecule has 0 fully saturated rings. The van der Waals surface area contributed by atoms with Gasteiger partial charge >= 0.3 is 0 Å². The molecule has 1 aromatic carbocycles. The van der Waals surface area contributed by atoms with Crippen LogP contribution in [0.4, 0.5) is 5.69 Å². The summed E-state index contributed by atoms with van der Waals surface area (Å²) >= 11 is 0. The average molecular weight is 332 g/mol. The molecule has 0 bridgehead atoms. The lowest BCUT2D eigenvalue weighted by molar-refractivity contribution is 0.0988. The van der Waals surface area contributed by atoms with Crippen LogP contribution in [-0.2, 0) is 0 Å². The first kappa shape index (κ1) is 15.2. The van der Waals surface area contributed by atoms with Crippen molar-refractivity contribution in [2.75, 3.05) is 11.4 Å². The molecule has 4 aromatic rings. The molecule has 3 aromatic heterocycles. The standard InChI is InChI=1S/C18H16N6O/c1-3-23(14-6-8-19-9-7-14)18(25)13-4-5-15-16(10-13)24-11-20-22-17(24)12(2)21-15/h4-11H,3H2,1-2H3. The van der Waals surface area contributed by atoms with Crippen molar-refractivity contribution in [1.29, 1.82) is 0 Å². The Kier molecular flexibility index (Phi) is 3.61. The molecule has 124 valence electrons. The van der Waals surface area contributed by atoms with Crippen molar-refractivity contribution < 1.29 is 4.79 Å². The summed E-state index contributed by atoms with van der Waals surface area (Å²) in [6.45, 7) is 4.40. The first-order valence-electron chi connectivity index (χ1n) is 8.01. The fourth-order valence-electron chi connectivity index (χ4n) is 2.96. The quantitative estimate of drug-likeness (QED) is 0.576. The third-order valence-corrected chi connectivity index (χ3v) is 4.18. The summed E-state index contributed by atoms with van der Waals surface area (Å²) in [5.41, 5.74) is 4.51. The van der Waals surface area contributed by atoms with Gasteiger partial charge in [0.25, 0.3) is 5.91 Å². The molecule has 0 saturated carbocycles. The van der Waals surface area contributed by atoms with Gasteiger partial charge in [-0.3, -0.25) is 14.2 Å². The maximum absolute atomic E-state index is 13.0. The van der Waals surface area contributed by atoms with Crippen molar-refractivity contribution in [3.05, 3.63) is 60.3 Å². The summed E-state index contributed by atoms with van der Waals surface area (Å²) in [6.07, 6.45) is 5.00. The molecule has 0 spiro atoms. The lowest BCUT2D eigenvalue weighted by Crippen LogP contribution is -2.30. The van der Waals surface area contributed by atoms with Crippen LogP contribution in [0.5, 0.6) is 0 Å². The Labute approximate surface area is 144 Å². The minimum Gasteiger partial charge on any atom is -0.309 e. The molecule has 0 unspecified atom stereocenters. The average Bonchev–Trinajstić information content (AvgIpc) is 3.14. The third-order valence-electron chi connectivity index (χ3n) is 4.18. The van der Waals surface area contributed by atoms with E-state index in [1.54, 1.807) is 29.7 Å². The number of hydrogen-bond acceptors (Lipinski definition) is 5. The van der Waals surface area contributed by atoms with Gasteiger partial charge in [-0.05, 0) is 44.2 Å². The van der Waals surface area contributed by atoms with Crippen molar-refractivity contribution in [2.24, 2.45) is 0 Å². The fraction of sp³-hybridized carbons (Fsp3) is 0.167. The molecule has 4 rings (SSSR count). The molecule has 1 amide bonds. The second kappa shape index (κ2) is 5.94. The van der Waals surface area contributed by atoms with E-state index >= 15 is 0 Å². The largest absolute Gasteiger partial charge is 0.309 e. The van der Waals surface area contributed by atoms with Gasteiger partial charge in [-0.25, -0.2) is 4.98 Å². The van der Waals surface area contributed by atoms with Gasteiger partial charge in [-0.1, -0.05) is 0 Å². The zero-order valence-corrected chi connectivity index (χ0v) is 13.9. The minimum absolute atomic E-state index is 0.0719. The van der Waals surface area contributed by atoms with Gasteiger partial charge in [-0.2, -0.15) is 0 Å². The Balaban J connectivity index is 1.83. The number of anilines is 1. The molecule has 3 heterocycles. The molecule has 0 radical (unpaired) electrons. The van der Waals surface area contributed by atoms with E-state index in [2.05, 4.69) is 20.2 Å². The SMILES string of the molecule is CCN(C(=O)c1ccc2nc(C)c3nncn3c2c1)c1ccncc1. The van der Waals surface area contributed by atoms with Crippen molar-refractivity contribution in [3.63, 3.8) is 0 Å². The van der Waals surface area contributed by atoms with E-state index in [-0.39, 0.29) is 5.91 Å². The first-order valence-corrected chi connectivity index (χ1v) is 8.01. The summed E-state index contributed by atoms with van der Waals surface area (Å²) in [5, 5.41) is 8.05. The van der Waals surface area contributed by atoms with Crippen LogP contribution in [0.1, 0.15) is 23.0 Å². The number of fused-ring (bicyclic) bond motifs is 3. The highest BCUT2D eigenvalue weighted by Gasteiger charge is 2.17. The molecule has 0 aliphatic carbocycles. The Hall–Kier alpha value is -3.35. The number of aryl methyl sites for hydroxylation is 1. The van der Waals surface area contributed by atoms with Crippen LogP contribution in [0.2, 0.25) is 0 Å². The van der Waals surface area contributed by atoms with Crippen molar-refractivity contribution in [2.45, 2.75) is 13.8 Å². The molecule has 7 heteroatoms. The third kappa shape index (κ3) is 2.50. The van der Waals surface area contributed by atoms with E-state index in [9.17, 15) is 4.79 Å². The second-order valence-electron chi connectivity index (χ2n) is 5.68. The summed E-state index contributed by atoms with van der Waals surface area (Å²) in [5.74, 6) is -0.0719. The Morgan fingerprint density at radius 1 is 1.20 bits per heavy atom. The molecular weight excluding hydrogens is 316 g/mol. The highest BCUT2D eigenvalue weighted by Crippen LogP contribution is 2.21. The number of carbonyl (C=O) groups is 1. The summed E-state index contributed by atoms with van der Waals surface area (Å²) in [4.78, 5) is 23.3. The smallest absolute Gasteiger partial charge is 0.258 e. The minimum atomic E-state index is -0.0719. The molecule has 0 saturated heterocycles.